The number of nitrogens with one attached hydrogen (secondary N) is 2. The molecular weight excluding hydrogens is 466 g/mol. The summed E-state index contributed by atoms with van der Waals surface area (Å²) in [5.41, 5.74) is 2.16. The maximum atomic E-state index is 12.7. The molecule has 30 heavy (non-hydrogen) atoms. The quantitative estimate of drug-likeness (QED) is 0.600. The lowest BCUT2D eigenvalue weighted by Gasteiger charge is -2.32. The highest BCUT2D eigenvalue weighted by Crippen LogP contribution is 2.21. The Balaban J connectivity index is 1.48. The van der Waals surface area contributed by atoms with Crippen molar-refractivity contribution in [2.45, 2.75) is 44.8 Å². The summed E-state index contributed by atoms with van der Waals surface area (Å²) in [6, 6.07) is 15.5. The molecule has 1 aliphatic rings. The number of benzene rings is 2. The van der Waals surface area contributed by atoms with E-state index in [4.69, 9.17) is 11.6 Å². The molecule has 160 valence electrons. The molecule has 2 aromatic carbocycles. The fourth-order valence-corrected chi connectivity index (χ4v) is 4.14. The average Bonchev–Trinajstić information content (AvgIpc) is 2.71. The van der Waals surface area contributed by atoms with Crippen LogP contribution in [0.5, 0.6) is 0 Å². The lowest BCUT2D eigenvalue weighted by atomic mass is 10.0. The van der Waals surface area contributed by atoms with Crippen molar-refractivity contribution in [3.63, 3.8) is 0 Å². The van der Waals surface area contributed by atoms with E-state index in [1.807, 2.05) is 36.4 Å². The number of rotatable bonds is 7. The molecule has 1 unspecified atom stereocenters. The van der Waals surface area contributed by atoms with Gasteiger partial charge in [-0.1, -0.05) is 51.8 Å². The van der Waals surface area contributed by atoms with Gasteiger partial charge < -0.3 is 10.6 Å². The molecular formula is C23H27BrClN3O2. The number of likely N-dealkylation sites (tertiary alicyclic amines) is 1. The Kier molecular flexibility index (Phi) is 8.31. The monoisotopic (exact) mass is 491 g/mol. The van der Waals surface area contributed by atoms with Crippen molar-refractivity contribution >= 4 is 39.3 Å². The number of amides is 2. The zero-order valence-corrected chi connectivity index (χ0v) is 19.4. The third kappa shape index (κ3) is 7.11. The summed E-state index contributed by atoms with van der Waals surface area (Å²) in [6.45, 7) is 4.25. The molecule has 1 fully saturated rings. The maximum absolute atomic E-state index is 12.7. The molecule has 0 bridgehead atoms. The van der Waals surface area contributed by atoms with E-state index >= 15 is 0 Å². The first-order chi connectivity index (χ1) is 14.4. The van der Waals surface area contributed by atoms with E-state index in [2.05, 4.69) is 43.6 Å². The molecule has 2 N–H and O–H groups in total. The lowest BCUT2D eigenvalue weighted by molar-refractivity contribution is -0.123. The van der Waals surface area contributed by atoms with Crippen molar-refractivity contribution in [2.75, 3.05) is 13.1 Å². The zero-order chi connectivity index (χ0) is 21.5. The molecule has 2 amide bonds. The van der Waals surface area contributed by atoms with Gasteiger partial charge >= 0.3 is 0 Å². The number of halogens is 2. The fourth-order valence-electron chi connectivity index (χ4n) is 3.75. The van der Waals surface area contributed by atoms with Crippen LogP contribution < -0.4 is 10.6 Å². The van der Waals surface area contributed by atoms with Crippen molar-refractivity contribution in [2.24, 2.45) is 0 Å². The van der Waals surface area contributed by atoms with E-state index in [0.717, 1.165) is 47.5 Å². The second-order valence-corrected chi connectivity index (χ2v) is 9.11. The second-order valence-electron chi connectivity index (χ2n) is 7.75. The summed E-state index contributed by atoms with van der Waals surface area (Å²) >= 11 is 9.37. The second kappa shape index (κ2) is 10.9. The summed E-state index contributed by atoms with van der Waals surface area (Å²) in [5, 5.41) is 6.79. The van der Waals surface area contributed by atoms with E-state index in [-0.39, 0.29) is 30.3 Å². The molecule has 0 aromatic heterocycles. The molecule has 7 heteroatoms. The average molecular weight is 493 g/mol. The molecule has 0 aliphatic carbocycles. The van der Waals surface area contributed by atoms with Gasteiger partial charge in [-0.3, -0.25) is 14.5 Å². The molecule has 1 saturated heterocycles. The molecule has 1 aliphatic heterocycles. The maximum Gasteiger partial charge on any atom is 0.222 e. The number of carbonyl (C=O) groups is 2. The van der Waals surface area contributed by atoms with Crippen LogP contribution in [0, 0.1) is 0 Å². The molecule has 2 aromatic rings. The molecule has 5 nitrogen and oxygen atoms in total. The van der Waals surface area contributed by atoms with Gasteiger partial charge in [0.15, 0.2) is 0 Å². The van der Waals surface area contributed by atoms with Crippen molar-refractivity contribution in [1.29, 1.82) is 0 Å². The molecule has 0 saturated carbocycles. The topological polar surface area (TPSA) is 61.4 Å². The SMILES string of the molecule is CC(=O)NC(CC(=O)NC1CCN(Cc2ccc(Cl)cc2)CC1)c1ccc(Br)cc1. The van der Waals surface area contributed by atoms with Crippen molar-refractivity contribution in [3.05, 3.63) is 69.2 Å². The number of hydrogen-bond acceptors (Lipinski definition) is 3. The normalized spacial score (nSPS) is 16.1. The fraction of sp³-hybridized carbons (Fsp3) is 0.391. The van der Waals surface area contributed by atoms with Crippen LogP contribution in [0.4, 0.5) is 0 Å². The van der Waals surface area contributed by atoms with Gasteiger partial charge in [-0.05, 0) is 48.2 Å². The highest BCUT2D eigenvalue weighted by molar-refractivity contribution is 9.10. The van der Waals surface area contributed by atoms with Crippen LogP contribution in [0.3, 0.4) is 0 Å². The Morgan fingerprint density at radius 2 is 1.73 bits per heavy atom. The smallest absolute Gasteiger partial charge is 0.222 e. The van der Waals surface area contributed by atoms with Gasteiger partial charge in [-0.15, -0.1) is 0 Å². The molecule has 1 atom stereocenters. The van der Waals surface area contributed by atoms with Crippen LogP contribution in [0.1, 0.15) is 43.4 Å². The largest absolute Gasteiger partial charge is 0.353 e. The van der Waals surface area contributed by atoms with Crippen LogP contribution in [-0.2, 0) is 16.1 Å². The van der Waals surface area contributed by atoms with Crippen LogP contribution in [0.25, 0.3) is 0 Å². The van der Waals surface area contributed by atoms with Crippen LogP contribution in [-0.4, -0.2) is 35.8 Å². The van der Waals surface area contributed by atoms with Gasteiger partial charge in [0.1, 0.15) is 0 Å². The Morgan fingerprint density at radius 3 is 2.33 bits per heavy atom. The van der Waals surface area contributed by atoms with Crippen molar-refractivity contribution in [1.82, 2.24) is 15.5 Å². The van der Waals surface area contributed by atoms with E-state index in [9.17, 15) is 9.59 Å². The number of nitrogens with zero attached hydrogens (tertiary/aromatic N) is 1. The highest BCUT2D eigenvalue weighted by atomic mass is 79.9. The summed E-state index contributed by atoms with van der Waals surface area (Å²) in [5.74, 6) is -0.181. The Labute approximate surface area is 191 Å². The highest BCUT2D eigenvalue weighted by Gasteiger charge is 2.23. The molecule has 0 spiro atoms. The molecule has 3 rings (SSSR count). The summed E-state index contributed by atoms with van der Waals surface area (Å²) in [4.78, 5) is 26.7. The number of hydrogen-bond donors (Lipinski definition) is 2. The van der Waals surface area contributed by atoms with E-state index in [1.165, 1.54) is 12.5 Å². The van der Waals surface area contributed by atoms with E-state index < -0.39 is 0 Å². The summed E-state index contributed by atoms with van der Waals surface area (Å²) in [6.07, 6.45) is 2.07. The van der Waals surface area contributed by atoms with Gasteiger partial charge in [-0.25, -0.2) is 0 Å². The van der Waals surface area contributed by atoms with Crippen LogP contribution >= 0.6 is 27.5 Å². The Hall–Kier alpha value is -1.89. The predicted molar refractivity (Wildman–Crippen MR) is 123 cm³/mol. The van der Waals surface area contributed by atoms with Gasteiger partial charge in [0.25, 0.3) is 0 Å². The zero-order valence-electron chi connectivity index (χ0n) is 17.0. The van der Waals surface area contributed by atoms with Crippen molar-refractivity contribution < 1.29 is 9.59 Å². The van der Waals surface area contributed by atoms with E-state index in [1.54, 1.807) is 0 Å². The van der Waals surface area contributed by atoms with Crippen LogP contribution in [0.2, 0.25) is 5.02 Å². The van der Waals surface area contributed by atoms with Gasteiger partial charge in [-0.2, -0.15) is 0 Å². The number of carbonyl (C=O) groups excluding carboxylic acids is 2. The van der Waals surface area contributed by atoms with Crippen molar-refractivity contribution in [3.8, 4) is 0 Å². The van der Waals surface area contributed by atoms with Gasteiger partial charge in [0.05, 0.1) is 12.5 Å². The first kappa shape index (κ1) is 22.8. The van der Waals surface area contributed by atoms with Gasteiger partial charge in [0.2, 0.25) is 11.8 Å². The molecule has 1 heterocycles. The Bertz CT molecular complexity index is 850. The molecule has 0 radical (unpaired) electrons. The minimum Gasteiger partial charge on any atom is -0.353 e. The first-order valence-electron chi connectivity index (χ1n) is 10.2. The third-order valence-electron chi connectivity index (χ3n) is 5.31. The van der Waals surface area contributed by atoms with Crippen LogP contribution in [0.15, 0.2) is 53.0 Å². The Morgan fingerprint density at radius 1 is 1.10 bits per heavy atom. The lowest BCUT2D eigenvalue weighted by Crippen LogP contribution is -2.45. The minimum absolute atomic E-state index is 0.0344. The van der Waals surface area contributed by atoms with Gasteiger partial charge in [0, 0.05) is 42.1 Å². The standard InChI is InChI=1S/C23H27BrClN3O2/c1-16(29)26-22(18-4-6-19(24)7-5-18)14-23(30)27-21-10-12-28(13-11-21)15-17-2-8-20(25)9-3-17/h2-9,21-22H,10-15H2,1H3,(H,26,29)(H,27,30). The van der Waals surface area contributed by atoms with E-state index in [0.29, 0.717) is 0 Å². The first-order valence-corrected chi connectivity index (χ1v) is 11.3. The summed E-state index contributed by atoms with van der Waals surface area (Å²) < 4.78 is 0.961. The third-order valence-corrected chi connectivity index (χ3v) is 6.09. The predicted octanol–water partition coefficient (Wildman–Crippen LogP) is 4.45. The minimum atomic E-state index is -0.333. The number of piperidine rings is 1. The summed E-state index contributed by atoms with van der Waals surface area (Å²) in [7, 11) is 0.